The molecule has 3 rings (SSSR count). The highest BCUT2D eigenvalue weighted by molar-refractivity contribution is 7.99. The number of alkyl halides is 3. The van der Waals surface area contributed by atoms with E-state index >= 15 is 0 Å². The van der Waals surface area contributed by atoms with Crippen LogP contribution in [0.4, 0.5) is 13.2 Å². The van der Waals surface area contributed by atoms with Crippen molar-refractivity contribution >= 4 is 17.7 Å². The van der Waals surface area contributed by atoms with Gasteiger partial charge in [-0.1, -0.05) is 36.6 Å². The number of nitrogens with zero attached hydrogens (tertiary/aromatic N) is 4. The van der Waals surface area contributed by atoms with Gasteiger partial charge in [-0.3, -0.25) is 9.78 Å². The Morgan fingerprint density at radius 3 is 2.69 bits per heavy atom. The first-order chi connectivity index (χ1) is 15.4. The second-order valence-corrected chi connectivity index (χ2v) is 7.58. The highest BCUT2D eigenvalue weighted by atomic mass is 32.2. The zero-order valence-electron chi connectivity index (χ0n) is 17.2. The van der Waals surface area contributed by atoms with Crippen LogP contribution < -0.4 is 5.32 Å². The molecule has 3 aromatic rings. The van der Waals surface area contributed by atoms with Crippen molar-refractivity contribution in [2.24, 2.45) is 0 Å². The van der Waals surface area contributed by atoms with E-state index in [1.54, 1.807) is 12.4 Å². The van der Waals surface area contributed by atoms with Crippen LogP contribution in [0.5, 0.6) is 0 Å². The number of carbonyl (C=O) groups excluding carboxylic acids is 1. The van der Waals surface area contributed by atoms with Crippen LogP contribution in [0.15, 0.2) is 53.9 Å². The zero-order valence-corrected chi connectivity index (χ0v) is 18.0. The van der Waals surface area contributed by atoms with Crippen LogP contribution in [0.1, 0.15) is 24.5 Å². The second-order valence-electron chi connectivity index (χ2n) is 6.64. The number of amides is 1. The highest BCUT2D eigenvalue weighted by Crippen LogP contribution is 2.29. The van der Waals surface area contributed by atoms with Crippen molar-refractivity contribution in [3.05, 3.63) is 59.9 Å². The van der Waals surface area contributed by atoms with Crippen molar-refractivity contribution in [1.82, 2.24) is 25.1 Å². The van der Waals surface area contributed by atoms with E-state index < -0.39 is 11.7 Å². The standard InChI is InChI=1S/C22H20F3N5OS/c1-2-13-30-20(17-8-11-26-12-9-17)28-29-21(30)32-15-19(31)27-10-4-6-16-5-3-7-18(14-16)22(23,24)25/h3,5,7-9,11-12,14H,2,10,13,15H2,1H3,(H,27,31). The van der Waals surface area contributed by atoms with Crippen molar-refractivity contribution in [1.29, 1.82) is 0 Å². The molecule has 2 heterocycles. The van der Waals surface area contributed by atoms with E-state index in [-0.39, 0.29) is 23.8 Å². The topological polar surface area (TPSA) is 72.7 Å². The van der Waals surface area contributed by atoms with Crippen molar-refractivity contribution < 1.29 is 18.0 Å². The molecule has 0 aliphatic carbocycles. The molecule has 0 fully saturated rings. The van der Waals surface area contributed by atoms with E-state index in [1.165, 1.54) is 23.9 Å². The summed E-state index contributed by atoms with van der Waals surface area (Å²) >= 11 is 1.26. The second kappa shape index (κ2) is 10.8. The average Bonchev–Trinajstić information content (AvgIpc) is 3.18. The fourth-order valence-corrected chi connectivity index (χ4v) is 3.57. The maximum atomic E-state index is 12.7. The summed E-state index contributed by atoms with van der Waals surface area (Å²) in [6, 6.07) is 8.45. The summed E-state index contributed by atoms with van der Waals surface area (Å²) in [6.07, 6.45) is -0.179. The zero-order chi connectivity index (χ0) is 23.0. The fourth-order valence-electron chi connectivity index (χ4n) is 2.78. The Morgan fingerprint density at radius 1 is 1.19 bits per heavy atom. The Kier molecular flexibility index (Phi) is 7.89. The summed E-state index contributed by atoms with van der Waals surface area (Å²) in [5.41, 5.74) is 0.369. The predicted molar refractivity (Wildman–Crippen MR) is 116 cm³/mol. The average molecular weight is 459 g/mol. The number of carbonyl (C=O) groups is 1. The molecule has 32 heavy (non-hydrogen) atoms. The van der Waals surface area contributed by atoms with Gasteiger partial charge >= 0.3 is 6.18 Å². The largest absolute Gasteiger partial charge is 0.416 e. The molecule has 0 unspecified atom stereocenters. The lowest BCUT2D eigenvalue weighted by Crippen LogP contribution is -2.25. The summed E-state index contributed by atoms with van der Waals surface area (Å²) in [4.78, 5) is 16.2. The van der Waals surface area contributed by atoms with Gasteiger partial charge in [0.1, 0.15) is 0 Å². The monoisotopic (exact) mass is 459 g/mol. The van der Waals surface area contributed by atoms with Crippen molar-refractivity contribution in [2.45, 2.75) is 31.2 Å². The number of halogens is 3. The number of aromatic nitrogens is 4. The summed E-state index contributed by atoms with van der Waals surface area (Å²) in [7, 11) is 0. The van der Waals surface area contributed by atoms with Gasteiger partial charge in [-0.25, -0.2) is 0 Å². The molecule has 0 saturated carbocycles. The first-order valence-electron chi connectivity index (χ1n) is 9.77. The Hall–Kier alpha value is -3.32. The number of benzene rings is 1. The summed E-state index contributed by atoms with van der Waals surface area (Å²) in [5, 5.41) is 11.7. The normalized spacial score (nSPS) is 11.0. The minimum absolute atomic E-state index is 0.0273. The highest BCUT2D eigenvalue weighted by Gasteiger charge is 2.30. The minimum Gasteiger partial charge on any atom is -0.344 e. The number of hydrogen-bond acceptors (Lipinski definition) is 5. The van der Waals surface area contributed by atoms with Gasteiger partial charge in [0.2, 0.25) is 5.91 Å². The quantitative estimate of drug-likeness (QED) is 0.427. The molecule has 2 aromatic heterocycles. The third-order valence-corrected chi connectivity index (χ3v) is 5.20. The SMILES string of the molecule is CCCn1c(SCC(=O)NCC#Cc2cccc(C(F)(F)F)c2)nnc1-c1ccncc1. The molecule has 0 aliphatic rings. The molecule has 0 radical (unpaired) electrons. The van der Waals surface area contributed by atoms with E-state index in [4.69, 9.17) is 0 Å². The van der Waals surface area contributed by atoms with Crippen LogP contribution in [0.2, 0.25) is 0 Å². The van der Waals surface area contributed by atoms with Crippen molar-refractivity contribution in [2.75, 3.05) is 12.3 Å². The van der Waals surface area contributed by atoms with E-state index in [2.05, 4.69) is 32.3 Å². The molecule has 0 bridgehead atoms. The van der Waals surface area contributed by atoms with Gasteiger partial charge in [0.15, 0.2) is 11.0 Å². The third-order valence-electron chi connectivity index (χ3n) is 4.23. The van der Waals surface area contributed by atoms with Gasteiger partial charge in [-0.05, 0) is 36.8 Å². The van der Waals surface area contributed by atoms with Crippen molar-refractivity contribution in [3.63, 3.8) is 0 Å². The van der Waals surface area contributed by atoms with Crippen LogP contribution in [0.3, 0.4) is 0 Å². The van der Waals surface area contributed by atoms with E-state index in [0.717, 1.165) is 24.1 Å². The molecule has 1 N–H and O–H groups in total. The van der Waals surface area contributed by atoms with Gasteiger partial charge in [0, 0.05) is 30.1 Å². The van der Waals surface area contributed by atoms with Crippen LogP contribution in [-0.4, -0.2) is 38.0 Å². The summed E-state index contributed by atoms with van der Waals surface area (Å²) < 4.78 is 40.2. The minimum atomic E-state index is -4.42. The maximum Gasteiger partial charge on any atom is 0.416 e. The lowest BCUT2D eigenvalue weighted by atomic mass is 10.1. The fraction of sp³-hybridized carbons (Fsp3) is 0.273. The molecule has 1 amide bonds. The predicted octanol–water partition coefficient (Wildman–Crippen LogP) is 4.03. The summed E-state index contributed by atoms with van der Waals surface area (Å²) in [5.74, 6) is 5.87. The first kappa shape index (κ1) is 23.3. The summed E-state index contributed by atoms with van der Waals surface area (Å²) in [6.45, 7) is 2.77. The van der Waals surface area contributed by atoms with Crippen LogP contribution in [0, 0.1) is 11.8 Å². The van der Waals surface area contributed by atoms with Crippen LogP contribution >= 0.6 is 11.8 Å². The molecular formula is C22H20F3N5OS. The van der Waals surface area contributed by atoms with Crippen molar-refractivity contribution in [3.8, 4) is 23.2 Å². The van der Waals surface area contributed by atoms with Gasteiger partial charge < -0.3 is 9.88 Å². The molecule has 0 spiro atoms. The van der Waals surface area contributed by atoms with Gasteiger partial charge in [-0.15, -0.1) is 10.2 Å². The number of hydrogen-bond donors (Lipinski definition) is 1. The molecule has 0 atom stereocenters. The molecule has 6 nitrogen and oxygen atoms in total. The van der Waals surface area contributed by atoms with Crippen LogP contribution in [-0.2, 0) is 17.5 Å². The molecule has 0 saturated heterocycles. The lowest BCUT2D eigenvalue weighted by molar-refractivity contribution is -0.137. The number of nitrogens with one attached hydrogen (secondary N) is 1. The molecule has 10 heteroatoms. The van der Waals surface area contributed by atoms with E-state index in [9.17, 15) is 18.0 Å². The van der Waals surface area contributed by atoms with Crippen LogP contribution in [0.25, 0.3) is 11.4 Å². The molecular weight excluding hydrogens is 439 g/mol. The van der Waals surface area contributed by atoms with Gasteiger partial charge in [0.25, 0.3) is 0 Å². The Labute approximate surface area is 187 Å². The lowest BCUT2D eigenvalue weighted by Gasteiger charge is -2.08. The Bertz CT molecular complexity index is 1120. The number of thioether (sulfide) groups is 1. The third kappa shape index (κ3) is 6.34. The maximum absolute atomic E-state index is 12.7. The van der Waals surface area contributed by atoms with E-state index in [0.29, 0.717) is 17.5 Å². The first-order valence-corrected chi connectivity index (χ1v) is 10.8. The molecule has 1 aromatic carbocycles. The number of pyridine rings is 1. The number of rotatable bonds is 7. The molecule has 0 aliphatic heterocycles. The smallest absolute Gasteiger partial charge is 0.344 e. The molecule has 166 valence electrons. The van der Waals surface area contributed by atoms with E-state index in [1.807, 2.05) is 23.6 Å². The Balaban J connectivity index is 1.55. The van der Waals surface area contributed by atoms with Gasteiger partial charge in [0.05, 0.1) is 17.9 Å². The van der Waals surface area contributed by atoms with Gasteiger partial charge in [-0.2, -0.15) is 13.2 Å². The Morgan fingerprint density at radius 2 is 1.97 bits per heavy atom.